The largest absolute Gasteiger partial charge is 0.388 e. The molecule has 0 bridgehead atoms. The lowest BCUT2D eigenvalue weighted by atomic mass is 9.71. The molecular formula is C24H24O2. The van der Waals surface area contributed by atoms with Crippen molar-refractivity contribution in [3.63, 3.8) is 0 Å². The minimum absolute atomic E-state index is 0.334. The van der Waals surface area contributed by atoms with E-state index in [1.807, 2.05) is 91.0 Å². The number of benzene rings is 3. The topological polar surface area (TPSA) is 40.5 Å². The van der Waals surface area contributed by atoms with Gasteiger partial charge in [0.2, 0.25) is 0 Å². The van der Waals surface area contributed by atoms with Crippen molar-refractivity contribution in [1.29, 1.82) is 0 Å². The average molecular weight is 344 g/mol. The fourth-order valence-corrected chi connectivity index (χ4v) is 3.59. The molecule has 2 nitrogen and oxygen atoms in total. The van der Waals surface area contributed by atoms with Gasteiger partial charge in [-0.2, -0.15) is 0 Å². The minimum atomic E-state index is -1.28. The summed E-state index contributed by atoms with van der Waals surface area (Å²) in [5.74, 6) is -0.536. The summed E-state index contributed by atoms with van der Waals surface area (Å²) in [6.45, 7) is 3.84. The zero-order valence-electron chi connectivity index (χ0n) is 14.7. The van der Waals surface area contributed by atoms with E-state index in [2.05, 4.69) is 6.58 Å². The van der Waals surface area contributed by atoms with Gasteiger partial charge in [-0.05, 0) is 23.1 Å². The van der Waals surface area contributed by atoms with Crippen LogP contribution >= 0.6 is 0 Å². The van der Waals surface area contributed by atoms with Gasteiger partial charge in [-0.25, -0.2) is 0 Å². The van der Waals surface area contributed by atoms with Crippen molar-refractivity contribution in [2.75, 3.05) is 0 Å². The molecule has 132 valence electrons. The summed E-state index contributed by atoms with van der Waals surface area (Å²) in [6.07, 6.45) is 1.19. The molecule has 0 heterocycles. The first-order valence-electron chi connectivity index (χ1n) is 8.83. The summed E-state index contributed by atoms with van der Waals surface area (Å²) in [5.41, 5.74) is 1.15. The lowest BCUT2D eigenvalue weighted by Crippen LogP contribution is -2.37. The quantitative estimate of drug-likeness (QED) is 0.594. The first kappa shape index (κ1) is 18.1. The van der Waals surface area contributed by atoms with Gasteiger partial charge in [-0.3, -0.25) is 0 Å². The van der Waals surface area contributed by atoms with Gasteiger partial charge >= 0.3 is 0 Å². The van der Waals surface area contributed by atoms with E-state index in [0.29, 0.717) is 6.42 Å². The third kappa shape index (κ3) is 3.62. The molecule has 0 aliphatic carbocycles. The van der Waals surface area contributed by atoms with E-state index < -0.39 is 17.6 Å². The van der Waals surface area contributed by atoms with Crippen LogP contribution in [-0.2, 0) is 5.60 Å². The summed E-state index contributed by atoms with van der Waals surface area (Å²) in [6, 6.07) is 28.7. The Hall–Kier alpha value is -2.68. The maximum absolute atomic E-state index is 11.8. The SMILES string of the molecule is C=CC[C@](O)(c1ccccc1)[C@@H](c1ccccc1)[C@@H](O)c1ccccc1. The standard InChI is InChI=1S/C24H24O2/c1-2-18-24(26,21-16-10-5-11-17-21)22(19-12-6-3-7-13-19)23(25)20-14-8-4-9-15-20/h2-17,22-23,25-26H,1,18H2/t22-,23-,24-/m0/s1. The Morgan fingerprint density at radius 1 is 0.769 bits per heavy atom. The van der Waals surface area contributed by atoms with Crippen molar-refractivity contribution in [3.8, 4) is 0 Å². The third-order valence-corrected chi connectivity index (χ3v) is 4.86. The first-order chi connectivity index (χ1) is 12.7. The summed E-state index contributed by atoms with van der Waals surface area (Å²) in [5, 5.41) is 23.1. The molecule has 0 saturated carbocycles. The van der Waals surface area contributed by atoms with E-state index in [0.717, 1.165) is 16.7 Å². The van der Waals surface area contributed by atoms with Gasteiger partial charge in [0.25, 0.3) is 0 Å². The highest BCUT2D eigenvalue weighted by Crippen LogP contribution is 2.47. The highest BCUT2D eigenvalue weighted by Gasteiger charge is 2.43. The molecule has 2 heteroatoms. The van der Waals surface area contributed by atoms with Gasteiger partial charge in [-0.15, -0.1) is 6.58 Å². The summed E-state index contributed by atoms with van der Waals surface area (Å²) < 4.78 is 0. The van der Waals surface area contributed by atoms with Crippen LogP contribution in [0, 0.1) is 0 Å². The van der Waals surface area contributed by atoms with Gasteiger partial charge in [-0.1, -0.05) is 97.1 Å². The molecule has 0 aliphatic rings. The van der Waals surface area contributed by atoms with Crippen molar-refractivity contribution in [2.45, 2.75) is 24.0 Å². The van der Waals surface area contributed by atoms with E-state index in [4.69, 9.17) is 0 Å². The smallest absolute Gasteiger partial charge is 0.103 e. The molecular weight excluding hydrogens is 320 g/mol. The Morgan fingerprint density at radius 2 is 1.23 bits per heavy atom. The summed E-state index contributed by atoms with van der Waals surface area (Å²) >= 11 is 0. The molecule has 3 atom stereocenters. The third-order valence-electron chi connectivity index (χ3n) is 4.86. The maximum atomic E-state index is 11.8. The molecule has 0 radical (unpaired) electrons. The highest BCUT2D eigenvalue weighted by molar-refractivity contribution is 5.35. The molecule has 2 N–H and O–H groups in total. The van der Waals surface area contributed by atoms with E-state index >= 15 is 0 Å². The molecule has 3 rings (SSSR count). The lowest BCUT2D eigenvalue weighted by Gasteiger charge is -2.39. The van der Waals surface area contributed by atoms with E-state index in [1.54, 1.807) is 6.08 Å². The predicted octanol–water partition coefficient (Wildman–Crippen LogP) is 4.97. The Balaban J connectivity index is 2.16. The van der Waals surface area contributed by atoms with Crippen molar-refractivity contribution in [3.05, 3.63) is 120 Å². The van der Waals surface area contributed by atoms with Crippen molar-refractivity contribution in [2.24, 2.45) is 0 Å². The molecule has 0 fully saturated rings. The van der Waals surface area contributed by atoms with Crippen LogP contribution in [0.15, 0.2) is 104 Å². The summed E-state index contributed by atoms with van der Waals surface area (Å²) in [7, 11) is 0. The summed E-state index contributed by atoms with van der Waals surface area (Å²) in [4.78, 5) is 0. The van der Waals surface area contributed by atoms with E-state index in [1.165, 1.54) is 0 Å². The van der Waals surface area contributed by atoms with Gasteiger partial charge < -0.3 is 10.2 Å². The molecule has 0 aliphatic heterocycles. The maximum Gasteiger partial charge on any atom is 0.103 e. The monoisotopic (exact) mass is 344 g/mol. The fourth-order valence-electron chi connectivity index (χ4n) is 3.59. The Bertz CT molecular complexity index is 815. The first-order valence-corrected chi connectivity index (χ1v) is 8.83. The second-order valence-electron chi connectivity index (χ2n) is 6.53. The normalized spacial score (nSPS) is 15.6. The van der Waals surface area contributed by atoms with Gasteiger partial charge in [0, 0.05) is 5.92 Å². The second kappa shape index (κ2) is 8.13. The van der Waals surface area contributed by atoms with Crippen LogP contribution in [0.2, 0.25) is 0 Å². The van der Waals surface area contributed by atoms with Crippen molar-refractivity contribution in [1.82, 2.24) is 0 Å². The Kier molecular flexibility index (Phi) is 5.67. The molecule has 0 saturated heterocycles. The number of aliphatic hydroxyl groups is 2. The van der Waals surface area contributed by atoms with Crippen molar-refractivity contribution < 1.29 is 10.2 Å². The predicted molar refractivity (Wildman–Crippen MR) is 106 cm³/mol. The van der Waals surface area contributed by atoms with Crippen LogP contribution < -0.4 is 0 Å². The fraction of sp³-hybridized carbons (Fsp3) is 0.167. The van der Waals surface area contributed by atoms with Crippen LogP contribution in [0.4, 0.5) is 0 Å². The van der Waals surface area contributed by atoms with Crippen LogP contribution in [-0.4, -0.2) is 10.2 Å². The number of rotatable bonds is 7. The molecule has 0 aromatic heterocycles. The van der Waals surface area contributed by atoms with Crippen LogP contribution in [0.5, 0.6) is 0 Å². The number of aliphatic hydroxyl groups excluding tert-OH is 1. The molecule has 0 unspecified atom stereocenters. The van der Waals surface area contributed by atoms with Gasteiger partial charge in [0.15, 0.2) is 0 Å². The Morgan fingerprint density at radius 3 is 1.73 bits per heavy atom. The molecule has 26 heavy (non-hydrogen) atoms. The molecule has 3 aromatic carbocycles. The van der Waals surface area contributed by atoms with Gasteiger partial charge in [0.1, 0.15) is 5.60 Å². The zero-order valence-corrected chi connectivity index (χ0v) is 14.7. The highest BCUT2D eigenvalue weighted by atomic mass is 16.3. The van der Waals surface area contributed by atoms with Crippen LogP contribution in [0.3, 0.4) is 0 Å². The lowest BCUT2D eigenvalue weighted by molar-refractivity contribution is -0.0400. The Labute approximate surface area is 155 Å². The minimum Gasteiger partial charge on any atom is -0.388 e. The number of hydrogen-bond acceptors (Lipinski definition) is 2. The van der Waals surface area contributed by atoms with E-state index in [9.17, 15) is 10.2 Å². The van der Waals surface area contributed by atoms with Gasteiger partial charge in [0.05, 0.1) is 6.10 Å². The molecule has 0 amide bonds. The zero-order chi connectivity index (χ0) is 18.4. The van der Waals surface area contributed by atoms with Crippen LogP contribution in [0.25, 0.3) is 0 Å². The average Bonchev–Trinajstić information content (AvgIpc) is 2.70. The van der Waals surface area contributed by atoms with E-state index in [-0.39, 0.29) is 0 Å². The number of hydrogen-bond donors (Lipinski definition) is 2. The molecule has 3 aromatic rings. The second-order valence-corrected chi connectivity index (χ2v) is 6.53. The van der Waals surface area contributed by atoms with Crippen molar-refractivity contribution >= 4 is 0 Å². The van der Waals surface area contributed by atoms with Crippen LogP contribution in [0.1, 0.15) is 35.1 Å². The molecule has 0 spiro atoms.